The molecule has 3 nitrogen and oxygen atoms in total. The van der Waals surface area contributed by atoms with E-state index in [9.17, 15) is 4.79 Å². The molecular formula is C12H26N2O. The first-order valence-electron chi connectivity index (χ1n) is 6.12. The zero-order chi connectivity index (χ0) is 11.7. The van der Waals surface area contributed by atoms with E-state index in [2.05, 4.69) is 6.92 Å². The third-order valence-electron chi connectivity index (χ3n) is 2.81. The topological polar surface area (TPSA) is 69.1 Å². The Bertz CT molecular complexity index is 171. The van der Waals surface area contributed by atoms with Crippen LogP contribution in [-0.4, -0.2) is 18.4 Å². The lowest BCUT2D eigenvalue weighted by Gasteiger charge is -2.15. The zero-order valence-electron chi connectivity index (χ0n) is 10.2. The lowest BCUT2D eigenvalue weighted by atomic mass is 9.92. The van der Waals surface area contributed by atoms with Gasteiger partial charge in [-0.25, -0.2) is 0 Å². The van der Waals surface area contributed by atoms with Crippen LogP contribution in [0.15, 0.2) is 0 Å². The van der Waals surface area contributed by atoms with Crippen molar-refractivity contribution >= 4 is 5.78 Å². The van der Waals surface area contributed by atoms with Gasteiger partial charge in [-0.1, -0.05) is 33.1 Å². The fourth-order valence-electron chi connectivity index (χ4n) is 1.67. The van der Waals surface area contributed by atoms with Gasteiger partial charge in [0.15, 0.2) is 5.78 Å². The molecule has 0 rings (SSSR count). The van der Waals surface area contributed by atoms with Crippen molar-refractivity contribution in [3.63, 3.8) is 0 Å². The Kier molecular flexibility index (Phi) is 8.62. The van der Waals surface area contributed by atoms with Gasteiger partial charge in [-0.15, -0.1) is 0 Å². The van der Waals surface area contributed by atoms with Crippen molar-refractivity contribution in [3.05, 3.63) is 0 Å². The Labute approximate surface area is 93.6 Å². The van der Waals surface area contributed by atoms with Crippen LogP contribution in [0.4, 0.5) is 0 Å². The molecule has 1 unspecified atom stereocenters. The number of carbonyl (C=O) groups excluding carboxylic acids is 1. The summed E-state index contributed by atoms with van der Waals surface area (Å²) in [5.41, 5.74) is 11.2. The SMILES string of the molecule is CCCCC(C)C(=O)[C@H](N)CCCCN. The highest BCUT2D eigenvalue weighted by molar-refractivity contribution is 5.85. The lowest BCUT2D eigenvalue weighted by Crippen LogP contribution is -2.34. The fraction of sp³-hybridized carbons (Fsp3) is 0.917. The summed E-state index contributed by atoms with van der Waals surface area (Å²) in [6.45, 7) is 4.81. The first-order valence-corrected chi connectivity index (χ1v) is 6.12. The predicted molar refractivity (Wildman–Crippen MR) is 64.6 cm³/mol. The molecule has 90 valence electrons. The van der Waals surface area contributed by atoms with E-state index in [0.717, 1.165) is 38.5 Å². The maximum Gasteiger partial charge on any atom is 0.152 e. The molecule has 15 heavy (non-hydrogen) atoms. The number of nitrogens with two attached hydrogens (primary N) is 2. The van der Waals surface area contributed by atoms with E-state index in [1.165, 1.54) is 0 Å². The van der Waals surface area contributed by atoms with Crippen molar-refractivity contribution in [1.29, 1.82) is 0 Å². The lowest BCUT2D eigenvalue weighted by molar-refractivity contribution is -0.124. The van der Waals surface area contributed by atoms with Crippen LogP contribution in [0.2, 0.25) is 0 Å². The molecule has 2 atom stereocenters. The number of unbranched alkanes of at least 4 members (excludes halogenated alkanes) is 2. The summed E-state index contributed by atoms with van der Waals surface area (Å²) in [6, 6.07) is -0.275. The number of carbonyl (C=O) groups is 1. The van der Waals surface area contributed by atoms with Crippen molar-refractivity contribution in [3.8, 4) is 0 Å². The van der Waals surface area contributed by atoms with Crippen molar-refractivity contribution in [2.24, 2.45) is 17.4 Å². The second-order valence-electron chi connectivity index (χ2n) is 4.34. The van der Waals surface area contributed by atoms with E-state index >= 15 is 0 Å². The smallest absolute Gasteiger partial charge is 0.152 e. The second-order valence-corrected chi connectivity index (χ2v) is 4.34. The van der Waals surface area contributed by atoms with Crippen LogP contribution in [0, 0.1) is 5.92 Å². The molecule has 0 bridgehead atoms. The Morgan fingerprint density at radius 1 is 1.20 bits per heavy atom. The van der Waals surface area contributed by atoms with E-state index in [1.54, 1.807) is 0 Å². The molecule has 0 aromatic rings. The van der Waals surface area contributed by atoms with Crippen LogP contribution in [0.1, 0.15) is 52.4 Å². The summed E-state index contributed by atoms with van der Waals surface area (Å²) in [5, 5.41) is 0. The summed E-state index contributed by atoms with van der Waals surface area (Å²) in [4.78, 5) is 11.8. The first kappa shape index (κ1) is 14.6. The molecule has 4 N–H and O–H groups in total. The molecule has 0 amide bonds. The van der Waals surface area contributed by atoms with Crippen molar-refractivity contribution in [2.75, 3.05) is 6.54 Å². The molecule has 0 aliphatic rings. The molecule has 0 saturated heterocycles. The Morgan fingerprint density at radius 2 is 1.87 bits per heavy atom. The average Bonchev–Trinajstić information content (AvgIpc) is 2.24. The normalized spacial score (nSPS) is 14.9. The summed E-state index contributed by atoms with van der Waals surface area (Å²) in [7, 11) is 0. The van der Waals surface area contributed by atoms with Gasteiger partial charge < -0.3 is 11.5 Å². The standard InChI is InChI=1S/C12H26N2O/c1-3-4-7-10(2)12(15)11(14)8-5-6-9-13/h10-11H,3-9,13-14H2,1-2H3/t10?,11-/m1/s1. The van der Waals surface area contributed by atoms with Gasteiger partial charge >= 0.3 is 0 Å². The van der Waals surface area contributed by atoms with E-state index in [0.29, 0.717) is 6.54 Å². The number of Topliss-reactive ketones (excluding diaryl/α,β-unsaturated/α-hetero) is 1. The molecule has 3 heteroatoms. The highest BCUT2D eigenvalue weighted by Gasteiger charge is 2.19. The quantitative estimate of drug-likeness (QED) is 0.575. The van der Waals surface area contributed by atoms with Crippen LogP contribution >= 0.6 is 0 Å². The van der Waals surface area contributed by atoms with Crippen LogP contribution in [0.25, 0.3) is 0 Å². The molecule has 0 radical (unpaired) electrons. The molecule has 0 aromatic heterocycles. The Hall–Kier alpha value is -0.410. The predicted octanol–water partition coefficient (Wildman–Crippen LogP) is 1.84. The first-order chi connectivity index (χ1) is 7.13. The largest absolute Gasteiger partial charge is 0.330 e. The maximum absolute atomic E-state index is 11.8. The molecule has 0 aliphatic carbocycles. The van der Waals surface area contributed by atoms with Crippen molar-refractivity contribution in [2.45, 2.75) is 58.4 Å². The Morgan fingerprint density at radius 3 is 2.40 bits per heavy atom. The summed E-state index contributed by atoms with van der Waals surface area (Å²) in [5.74, 6) is 0.346. The van der Waals surface area contributed by atoms with Gasteiger partial charge in [0.1, 0.15) is 0 Å². The molecule has 0 fully saturated rings. The highest BCUT2D eigenvalue weighted by atomic mass is 16.1. The van der Waals surface area contributed by atoms with E-state index in [1.807, 2.05) is 6.92 Å². The van der Waals surface area contributed by atoms with Gasteiger partial charge in [0.05, 0.1) is 6.04 Å². The third kappa shape index (κ3) is 6.63. The van der Waals surface area contributed by atoms with Crippen molar-refractivity contribution in [1.82, 2.24) is 0 Å². The summed E-state index contributed by atoms with van der Waals surface area (Å²) < 4.78 is 0. The van der Waals surface area contributed by atoms with Crippen LogP contribution in [0.3, 0.4) is 0 Å². The number of rotatable bonds is 9. The Balaban J connectivity index is 3.75. The molecule has 0 saturated carbocycles. The summed E-state index contributed by atoms with van der Waals surface area (Å²) in [6.07, 6.45) is 5.93. The van der Waals surface area contributed by atoms with Gasteiger partial charge in [-0.2, -0.15) is 0 Å². The maximum atomic E-state index is 11.8. The van der Waals surface area contributed by atoms with E-state index in [4.69, 9.17) is 11.5 Å². The number of hydrogen-bond acceptors (Lipinski definition) is 3. The molecule has 0 aromatic carbocycles. The van der Waals surface area contributed by atoms with Gasteiger partial charge in [0.2, 0.25) is 0 Å². The minimum Gasteiger partial charge on any atom is -0.330 e. The van der Waals surface area contributed by atoms with Crippen LogP contribution < -0.4 is 11.5 Å². The molecule has 0 heterocycles. The summed E-state index contributed by atoms with van der Waals surface area (Å²) >= 11 is 0. The molecular weight excluding hydrogens is 188 g/mol. The number of hydrogen-bond donors (Lipinski definition) is 2. The minimum absolute atomic E-state index is 0.123. The van der Waals surface area contributed by atoms with Gasteiger partial charge in [-0.3, -0.25) is 4.79 Å². The molecule has 0 spiro atoms. The van der Waals surface area contributed by atoms with Gasteiger partial charge in [0.25, 0.3) is 0 Å². The third-order valence-corrected chi connectivity index (χ3v) is 2.81. The fourth-order valence-corrected chi connectivity index (χ4v) is 1.67. The van der Waals surface area contributed by atoms with Crippen LogP contribution in [-0.2, 0) is 4.79 Å². The minimum atomic E-state index is -0.275. The average molecular weight is 214 g/mol. The van der Waals surface area contributed by atoms with E-state index < -0.39 is 0 Å². The van der Waals surface area contributed by atoms with Crippen molar-refractivity contribution < 1.29 is 4.79 Å². The molecule has 0 aliphatic heterocycles. The van der Waals surface area contributed by atoms with Crippen LogP contribution in [0.5, 0.6) is 0 Å². The van der Waals surface area contributed by atoms with Gasteiger partial charge in [-0.05, 0) is 25.8 Å². The second kappa shape index (κ2) is 8.86. The van der Waals surface area contributed by atoms with E-state index in [-0.39, 0.29) is 17.7 Å². The monoisotopic (exact) mass is 214 g/mol. The highest BCUT2D eigenvalue weighted by Crippen LogP contribution is 2.12. The van der Waals surface area contributed by atoms with Gasteiger partial charge in [0, 0.05) is 5.92 Å². The zero-order valence-corrected chi connectivity index (χ0v) is 10.2. The number of ketones is 1.